The van der Waals surface area contributed by atoms with Crippen molar-refractivity contribution in [3.63, 3.8) is 0 Å². The highest BCUT2D eigenvalue weighted by molar-refractivity contribution is 4.96. The summed E-state index contributed by atoms with van der Waals surface area (Å²) in [4.78, 5) is 9.87. The summed E-state index contributed by atoms with van der Waals surface area (Å²) in [6, 6.07) is -0.491. The monoisotopic (exact) mass is 247 g/mol. The molecule has 0 aromatic heterocycles. The van der Waals surface area contributed by atoms with Gasteiger partial charge in [0.2, 0.25) is 0 Å². The third-order valence-corrected chi connectivity index (χ3v) is 2.38. The van der Waals surface area contributed by atoms with Gasteiger partial charge in [0.1, 0.15) is 0 Å². The van der Waals surface area contributed by atoms with E-state index >= 15 is 0 Å². The van der Waals surface area contributed by atoms with Gasteiger partial charge in [0.15, 0.2) is 5.82 Å². The highest BCUT2D eigenvalue weighted by Gasteiger charge is 2.13. The number of aliphatic hydroxyl groups is 2. The van der Waals surface area contributed by atoms with Crippen molar-refractivity contribution in [1.29, 1.82) is 0 Å². The van der Waals surface area contributed by atoms with Gasteiger partial charge >= 0.3 is 0 Å². The van der Waals surface area contributed by atoms with Crippen LogP contribution < -0.4 is 10.6 Å². The molecule has 0 fully saturated rings. The normalized spacial score (nSPS) is 13.6. The summed E-state index contributed by atoms with van der Waals surface area (Å²) >= 11 is 0. The quantitative estimate of drug-likeness (QED) is 0.331. The molecule has 0 aromatic rings. The molecule has 0 amide bonds. The van der Waals surface area contributed by atoms with Gasteiger partial charge in [0, 0.05) is 0 Å². The van der Waals surface area contributed by atoms with Gasteiger partial charge in [-0.15, -0.1) is 0 Å². The van der Waals surface area contributed by atoms with Crippen molar-refractivity contribution in [2.45, 2.75) is 38.8 Å². The fraction of sp³-hybridized carbons (Fsp3) is 0.800. The summed E-state index contributed by atoms with van der Waals surface area (Å²) in [5, 5.41) is 34.2. The Balaban J connectivity index is 4.59. The number of aliphatic hydroxyl groups excluding tert-OH is 2. The molecular formula is C10H21N3O4. The molecule has 0 aliphatic carbocycles. The van der Waals surface area contributed by atoms with Crippen molar-refractivity contribution in [3.05, 3.63) is 22.1 Å². The molecule has 0 bridgehead atoms. The molecule has 2 unspecified atom stereocenters. The van der Waals surface area contributed by atoms with Gasteiger partial charge < -0.3 is 20.8 Å². The Morgan fingerprint density at radius 3 is 1.88 bits per heavy atom. The van der Waals surface area contributed by atoms with Crippen LogP contribution in [0.15, 0.2) is 12.0 Å². The Hall–Kier alpha value is -1.34. The predicted molar refractivity (Wildman–Crippen MR) is 63.7 cm³/mol. The van der Waals surface area contributed by atoms with E-state index in [-0.39, 0.29) is 31.1 Å². The minimum absolute atomic E-state index is 0.108. The first-order valence-electron chi connectivity index (χ1n) is 5.67. The van der Waals surface area contributed by atoms with Crippen LogP contribution in [0.2, 0.25) is 0 Å². The van der Waals surface area contributed by atoms with E-state index in [1.54, 1.807) is 0 Å². The summed E-state index contributed by atoms with van der Waals surface area (Å²) in [5.74, 6) is 0.205. The zero-order valence-corrected chi connectivity index (χ0v) is 10.2. The molecule has 7 heteroatoms. The molecule has 7 nitrogen and oxygen atoms in total. The van der Waals surface area contributed by atoms with E-state index in [9.17, 15) is 10.1 Å². The molecule has 0 rings (SSSR count). The lowest BCUT2D eigenvalue weighted by Crippen LogP contribution is -2.42. The zero-order chi connectivity index (χ0) is 13.3. The van der Waals surface area contributed by atoms with Crippen LogP contribution in [0.4, 0.5) is 0 Å². The highest BCUT2D eigenvalue weighted by atomic mass is 16.6. The zero-order valence-electron chi connectivity index (χ0n) is 10.2. The van der Waals surface area contributed by atoms with Gasteiger partial charge in [0.25, 0.3) is 6.20 Å². The van der Waals surface area contributed by atoms with E-state index in [0.29, 0.717) is 12.8 Å². The smallest absolute Gasteiger partial charge is 0.274 e. The minimum atomic E-state index is -0.580. The molecule has 0 saturated heterocycles. The summed E-state index contributed by atoms with van der Waals surface area (Å²) in [7, 11) is 0. The Kier molecular flexibility index (Phi) is 8.08. The van der Waals surface area contributed by atoms with Gasteiger partial charge in [0.05, 0.1) is 30.2 Å². The Bertz CT molecular complexity index is 234. The molecule has 0 heterocycles. The molecular weight excluding hydrogens is 226 g/mol. The van der Waals surface area contributed by atoms with Crippen LogP contribution in [-0.4, -0.2) is 40.4 Å². The summed E-state index contributed by atoms with van der Waals surface area (Å²) in [6.45, 7) is 3.51. The minimum Gasteiger partial charge on any atom is -0.394 e. The molecule has 0 aliphatic heterocycles. The molecule has 0 aliphatic rings. The number of hydrogen-bond donors (Lipinski definition) is 4. The number of nitro groups is 1. The SMILES string of the molecule is CCC(CO)NC(=C[N+](=O)[O-])NC(CC)CO. The van der Waals surface area contributed by atoms with Crippen molar-refractivity contribution in [3.8, 4) is 0 Å². The standard InChI is InChI=1S/C10H21N3O4/c1-3-8(6-14)11-10(5-13(16)17)12-9(4-2)7-15/h5,8-9,11-12,14-15H,3-4,6-7H2,1-2H3. The number of nitrogens with one attached hydrogen (secondary N) is 2. The Labute approximate surface area is 101 Å². The second-order valence-corrected chi connectivity index (χ2v) is 3.69. The van der Waals surface area contributed by atoms with Crippen LogP contribution in [0.1, 0.15) is 26.7 Å². The molecule has 4 N–H and O–H groups in total. The lowest BCUT2D eigenvalue weighted by Gasteiger charge is -2.21. The highest BCUT2D eigenvalue weighted by Crippen LogP contribution is 1.98. The summed E-state index contributed by atoms with van der Waals surface area (Å²) < 4.78 is 0. The number of rotatable bonds is 9. The van der Waals surface area contributed by atoms with Crippen LogP contribution in [0.5, 0.6) is 0 Å². The van der Waals surface area contributed by atoms with E-state index in [0.717, 1.165) is 6.20 Å². The average Bonchev–Trinajstić information content (AvgIpc) is 2.31. The van der Waals surface area contributed by atoms with Gasteiger partial charge in [-0.1, -0.05) is 13.8 Å². The van der Waals surface area contributed by atoms with Gasteiger partial charge in [-0.25, -0.2) is 0 Å². The number of hydrogen-bond acceptors (Lipinski definition) is 6. The Morgan fingerprint density at radius 2 is 1.65 bits per heavy atom. The second-order valence-electron chi connectivity index (χ2n) is 3.69. The third-order valence-electron chi connectivity index (χ3n) is 2.38. The van der Waals surface area contributed by atoms with Crippen LogP contribution >= 0.6 is 0 Å². The van der Waals surface area contributed by atoms with E-state index in [1.807, 2.05) is 13.8 Å². The summed E-state index contributed by atoms with van der Waals surface area (Å²) in [6.07, 6.45) is 2.09. The first-order valence-corrected chi connectivity index (χ1v) is 5.67. The largest absolute Gasteiger partial charge is 0.394 e. The van der Waals surface area contributed by atoms with Crippen molar-refractivity contribution in [2.75, 3.05) is 13.2 Å². The molecule has 0 aromatic carbocycles. The average molecular weight is 247 g/mol. The topological polar surface area (TPSA) is 108 Å². The molecule has 0 radical (unpaired) electrons. The van der Waals surface area contributed by atoms with E-state index < -0.39 is 4.92 Å². The van der Waals surface area contributed by atoms with Crippen molar-refractivity contribution in [1.82, 2.24) is 10.6 Å². The van der Waals surface area contributed by atoms with Gasteiger partial charge in [-0.2, -0.15) is 0 Å². The van der Waals surface area contributed by atoms with E-state index in [2.05, 4.69) is 10.6 Å². The fourth-order valence-corrected chi connectivity index (χ4v) is 1.22. The first kappa shape index (κ1) is 15.7. The van der Waals surface area contributed by atoms with Crippen molar-refractivity contribution in [2.24, 2.45) is 0 Å². The molecule has 100 valence electrons. The third kappa shape index (κ3) is 6.75. The van der Waals surface area contributed by atoms with Crippen molar-refractivity contribution < 1.29 is 15.1 Å². The fourth-order valence-electron chi connectivity index (χ4n) is 1.22. The van der Waals surface area contributed by atoms with Crippen LogP contribution in [0.25, 0.3) is 0 Å². The van der Waals surface area contributed by atoms with Crippen LogP contribution in [0, 0.1) is 10.1 Å². The molecule has 0 saturated carbocycles. The first-order chi connectivity index (χ1) is 8.07. The number of nitrogens with zero attached hydrogens (tertiary/aromatic N) is 1. The maximum absolute atomic E-state index is 10.5. The van der Waals surface area contributed by atoms with Gasteiger partial charge in [-0.05, 0) is 12.8 Å². The summed E-state index contributed by atoms with van der Waals surface area (Å²) in [5.41, 5.74) is 0. The van der Waals surface area contributed by atoms with E-state index in [1.165, 1.54) is 0 Å². The Morgan fingerprint density at radius 1 is 1.24 bits per heavy atom. The van der Waals surface area contributed by atoms with E-state index in [4.69, 9.17) is 10.2 Å². The van der Waals surface area contributed by atoms with Crippen LogP contribution in [0.3, 0.4) is 0 Å². The van der Waals surface area contributed by atoms with Gasteiger partial charge in [-0.3, -0.25) is 10.1 Å². The maximum atomic E-state index is 10.5. The lowest BCUT2D eigenvalue weighted by atomic mass is 10.2. The predicted octanol–water partition coefficient (Wildman–Crippen LogP) is -0.217. The van der Waals surface area contributed by atoms with Crippen LogP contribution in [-0.2, 0) is 0 Å². The lowest BCUT2D eigenvalue weighted by molar-refractivity contribution is -0.404. The van der Waals surface area contributed by atoms with Crippen molar-refractivity contribution >= 4 is 0 Å². The second kappa shape index (κ2) is 8.77. The molecule has 17 heavy (non-hydrogen) atoms. The molecule has 2 atom stereocenters. The maximum Gasteiger partial charge on any atom is 0.274 e. The molecule has 0 spiro atoms.